The molecule has 10 rings (SSSR count). The third kappa shape index (κ3) is 5.21. The Labute approximate surface area is 302 Å². The summed E-state index contributed by atoms with van der Waals surface area (Å²) in [6.45, 7) is 0. The molecule has 0 saturated heterocycles. The summed E-state index contributed by atoms with van der Waals surface area (Å²) in [5.41, 5.74) is 12.1. The summed E-state index contributed by atoms with van der Waals surface area (Å²) in [6.07, 6.45) is 0. The lowest BCUT2D eigenvalue weighted by atomic mass is 9.87. The number of nitrogens with zero attached hydrogens (tertiary/aromatic N) is 2. The molecule has 0 radical (unpaired) electrons. The van der Waals surface area contributed by atoms with Crippen molar-refractivity contribution in [3.63, 3.8) is 0 Å². The molecule has 0 spiro atoms. The Balaban J connectivity index is 1.13. The van der Waals surface area contributed by atoms with Crippen LogP contribution in [0.2, 0.25) is 0 Å². The molecule has 0 fully saturated rings. The zero-order chi connectivity index (χ0) is 34.4. The Morgan fingerprint density at radius 1 is 0.269 bits per heavy atom. The van der Waals surface area contributed by atoms with Gasteiger partial charge in [-0.25, -0.2) is 9.97 Å². The van der Waals surface area contributed by atoms with Crippen molar-refractivity contribution in [1.29, 1.82) is 0 Å². The van der Waals surface area contributed by atoms with Gasteiger partial charge in [-0.3, -0.25) is 0 Å². The third-order valence-corrected chi connectivity index (χ3v) is 10.2. The Morgan fingerprint density at radius 3 is 1.35 bits per heavy atom. The van der Waals surface area contributed by atoms with Crippen LogP contribution in [-0.4, -0.2) is 9.97 Å². The highest BCUT2D eigenvalue weighted by atomic mass is 14.9. The van der Waals surface area contributed by atoms with Crippen molar-refractivity contribution in [1.82, 2.24) is 9.97 Å². The highest BCUT2D eigenvalue weighted by Gasteiger charge is 2.16. The van der Waals surface area contributed by atoms with E-state index in [1.54, 1.807) is 0 Å². The van der Waals surface area contributed by atoms with E-state index >= 15 is 0 Å². The van der Waals surface area contributed by atoms with Crippen molar-refractivity contribution >= 4 is 32.3 Å². The van der Waals surface area contributed by atoms with Crippen molar-refractivity contribution < 1.29 is 0 Å². The first-order valence-electron chi connectivity index (χ1n) is 17.7. The van der Waals surface area contributed by atoms with E-state index in [1.165, 1.54) is 54.6 Å². The molecular formula is C50H32N2. The number of hydrogen-bond donors (Lipinski definition) is 0. The summed E-state index contributed by atoms with van der Waals surface area (Å²) in [5, 5.41) is 7.65. The number of aromatic nitrogens is 2. The van der Waals surface area contributed by atoms with Crippen molar-refractivity contribution in [2.75, 3.05) is 0 Å². The highest BCUT2D eigenvalue weighted by Crippen LogP contribution is 2.43. The Hall–Kier alpha value is -6.90. The molecule has 0 aliphatic rings. The molecule has 10 aromatic rings. The predicted octanol–water partition coefficient (Wildman–Crippen LogP) is 13.4. The number of benzene rings is 9. The molecule has 242 valence electrons. The fourth-order valence-corrected chi connectivity index (χ4v) is 7.72. The normalized spacial score (nSPS) is 11.5. The Morgan fingerprint density at radius 2 is 0.712 bits per heavy atom. The maximum absolute atomic E-state index is 5.23. The number of hydrogen-bond acceptors (Lipinski definition) is 2. The van der Waals surface area contributed by atoms with E-state index in [-0.39, 0.29) is 0 Å². The molecule has 2 nitrogen and oxygen atoms in total. The minimum atomic E-state index is 0.702. The molecule has 9 aromatic carbocycles. The molecule has 0 bridgehead atoms. The molecule has 0 amide bonds. The van der Waals surface area contributed by atoms with E-state index in [9.17, 15) is 0 Å². The summed E-state index contributed by atoms with van der Waals surface area (Å²) in [4.78, 5) is 10.4. The molecule has 0 atom stereocenters. The summed E-state index contributed by atoms with van der Waals surface area (Å²) in [6, 6.07) is 69.2. The van der Waals surface area contributed by atoms with Crippen LogP contribution in [0.5, 0.6) is 0 Å². The number of rotatable bonds is 6. The SMILES string of the molecule is c1ccc(-c2cccc(-c3cc(-c4ccccc4)nc(-c4cccc(-c5ccc6ccc7c(-c8ccccc8)ccc8ccc5c6c87)c4)n3)c2)cc1. The predicted molar refractivity (Wildman–Crippen MR) is 218 cm³/mol. The van der Waals surface area contributed by atoms with Crippen molar-refractivity contribution in [3.05, 3.63) is 194 Å². The van der Waals surface area contributed by atoms with Crippen LogP contribution in [0.1, 0.15) is 0 Å². The first-order valence-corrected chi connectivity index (χ1v) is 17.7. The van der Waals surface area contributed by atoms with E-state index < -0.39 is 0 Å². The average molecular weight is 661 g/mol. The van der Waals surface area contributed by atoms with Crippen LogP contribution in [0, 0.1) is 0 Å². The van der Waals surface area contributed by atoms with Gasteiger partial charge in [-0.05, 0) is 83.9 Å². The lowest BCUT2D eigenvalue weighted by molar-refractivity contribution is 1.18. The maximum Gasteiger partial charge on any atom is 0.160 e. The van der Waals surface area contributed by atoms with Crippen LogP contribution in [0.25, 0.3) is 99.6 Å². The van der Waals surface area contributed by atoms with E-state index in [0.717, 1.165) is 39.2 Å². The summed E-state index contributed by atoms with van der Waals surface area (Å²) >= 11 is 0. The zero-order valence-electron chi connectivity index (χ0n) is 28.4. The first kappa shape index (κ1) is 30.0. The quantitative estimate of drug-likeness (QED) is 0.166. The standard InChI is InChI=1S/C50H32N2/c1-4-12-33(13-5-1)38-18-10-20-40(30-38)47-32-46(35-16-8-3-9-17-35)51-50(52-47)41-21-11-19-39(31-41)43-27-23-37-24-28-44-42(34-14-6-2-7-15-34)26-22-36-25-29-45(43)49(37)48(36)44/h1-32H. The van der Waals surface area contributed by atoms with Gasteiger partial charge in [-0.1, -0.05) is 176 Å². The fraction of sp³-hybridized carbons (Fsp3) is 0. The van der Waals surface area contributed by atoms with E-state index in [1.807, 2.05) is 6.07 Å². The van der Waals surface area contributed by atoms with Crippen LogP contribution in [0.4, 0.5) is 0 Å². The molecular weight excluding hydrogens is 629 g/mol. The second-order valence-corrected chi connectivity index (χ2v) is 13.4. The topological polar surface area (TPSA) is 25.8 Å². The summed E-state index contributed by atoms with van der Waals surface area (Å²) < 4.78 is 0. The van der Waals surface area contributed by atoms with Gasteiger partial charge in [0.1, 0.15) is 0 Å². The van der Waals surface area contributed by atoms with Crippen molar-refractivity contribution in [3.8, 4) is 67.3 Å². The molecule has 1 heterocycles. The second-order valence-electron chi connectivity index (χ2n) is 13.4. The molecule has 0 N–H and O–H groups in total. The van der Waals surface area contributed by atoms with Gasteiger partial charge in [-0.2, -0.15) is 0 Å². The van der Waals surface area contributed by atoms with Gasteiger partial charge >= 0.3 is 0 Å². The molecule has 52 heavy (non-hydrogen) atoms. The molecule has 0 aliphatic carbocycles. The van der Waals surface area contributed by atoms with Crippen LogP contribution in [-0.2, 0) is 0 Å². The van der Waals surface area contributed by atoms with Gasteiger partial charge < -0.3 is 0 Å². The summed E-state index contributed by atoms with van der Waals surface area (Å²) in [7, 11) is 0. The molecule has 2 heteroatoms. The van der Waals surface area contributed by atoms with E-state index in [4.69, 9.17) is 9.97 Å². The zero-order valence-corrected chi connectivity index (χ0v) is 28.4. The van der Waals surface area contributed by atoms with Crippen molar-refractivity contribution in [2.24, 2.45) is 0 Å². The van der Waals surface area contributed by atoms with Gasteiger partial charge in [0, 0.05) is 16.7 Å². The fourth-order valence-electron chi connectivity index (χ4n) is 7.72. The summed E-state index contributed by atoms with van der Waals surface area (Å²) in [5.74, 6) is 0.702. The maximum atomic E-state index is 5.23. The largest absolute Gasteiger partial charge is 0.228 e. The highest BCUT2D eigenvalue weighted by molar-refractivity contribution is 6.27. The average Bonchev–Trinajstić information content (AvgIpc) is 3.23. The second kappa shape index (κ2) is 12.5. The van der Waals surface area contributed by atoms with Gasteiger partial charge in [-0.15, -0.1) is 0 Å². The van der Waals surface area contributed by atoms with Crippen LogP contribution < -0.4 is 0 Å². The molecule has 0 aliphatic heterocycles. The molecule has 1 aromatic heterocycles. The van der Waals surface area contributed by atoms with Crippen LogP contribution in [0.15, 0.2) is 194 Å². The third-order valence-electron chi connectivity index (χ3n) is 10.2. The molecule has 0 unspecified atom stereocenters. The van der Waals surface area contributed by atoms with Crippen LogP contribution >= 0.6 is 0 Å². The lowest BCUT2D eigenvalue weighted by Crippen LogP contribution is -1.96. The van der Waals surface area contributed by atoms with Crippen molar-refractivity contribution in [2.45, 2.75) is 0 Å². The minimum Gasteiger partial charge on any atom is -0.228 e. The van der Waals surface area contributed by atoms with Crippen LogP contribution in [0.3, 0.4) is 0 Å². The first-order chi connectivity index (χ1) is 25.8. The van der Waals surface area contributed by atoms with E-state index in [0.29, 0.717) is 5.82 Å². The Bertz CT molecular complexity index is 2880. The monoisotopic (exact) mass is 660 g/mol. The molecule has 0 saturated carbocycles. The van der Waals surface area contributed by atoms with E-state index in [2.05, 4.69) is 188 Å². The van der Waals surface area contributed by atoms with Gasteiger partial charge in [0.15, 0.2) is 5.82 Å². The smallest absolute Gasteiger partial charge is 0.160 e. The van der Waals surface area contributed by atoms with Gasteiger partial charge in [0.2, 0.25) is 0 Å². The Kier molecular flexibility index (Phi) is 7.18. The lowest BCUT2D eigenvalue weighted by Gasteiger charge is -2.17. The minimum absolute atomic E-state index is 0.702. The van der Waals surface area contributed by atoms with Gasteiger partial charge in [0.05, 0.1) is 11.4 Å². The van der Waals surface area contributed by atoms with Gasteiger partial charge in [0.25, 0.3) is 0 Å².